The van der Waals surface area contributed by atoms with Crippen LogP contribution >= 0.6 is 15.9 Å². The van der Waals surface area contributed by atoms with Gasteiger partial charge in [-0.1, -0.05) is 69.6 Å². The SMILES string of the molecule is [N-]=[N+]=Nc1ccccc1[C@@H]1OC(c2ccc(OCCCO)cc2)=N[C@]1(Cc1ccccc1Br)C(=O)NNCc1ccc(F)c(F)c1. The predicted molar refractivity (Wildman–Crippen MR) is 171 cm³/mol. The number of amides is 1. The van der Waals surface area contributed by atoms with Gasteiger partial charge in [-0.2, -0.15) is 0 Å². The Morgan fingerprint density at radius 1 is 1.07 bits per heavy atom. The maximum absolute atomic E-state index is 14.4. The highest BCUT2D eigenvalue weighted by Gasteiger charge is 2.54. The van der Waals surface area contributed by atoms with E-state index in [1.54, 1.807) is 48.5 Å². The average molecular weight is 692 g/mol. The van der Waals surface area contributed by atoms with Gasteiger partial charge in [0.15, 0.2) is 23.3 Å². The number of nitrogens with one attached hydrogen (secondary N) is 2. The number of rotatable bonds is 13. The molecule has 1 aliphatic rings. The number of halogens is 3. The van der Waals surface area contributed by atoms with E-state index < -0.39 is 29.2 Å². The Hall–Kier alpha value is -4.81. The highest BCUT2D eigenvalue weighted by Crippen LogP contribution is 2.46. The molecule has 0 aliphatic carbocycles. The molecule has 4 aromatic rings. The third-order valence-electron chi connectivity index (χ3n) is 7.30. The molecule has 0 unspecified atom stereocenters. The lowest BCUT2D eigenvalue weighted by molar-refractivity contribution is -0.130. The van der Waals surface area contributed by atoms with E-state index in [9.17, 15) is 19.1 Å². The van der Waals surface area contributed by atoms with Crippen molar-refractivity contribution in [1.29, 1.82) is 0 Å². The third-order valence-corrected chi connectivity index (χ3v) is 8.07. The van der Waals surface area contributed by atoms with Gasteiger partial charge in [0.2, 0.25) is 5.90 Å². The third kappa shape index (κ3) is 7.35. The second-order valence-corrected chi connectivity index (χ2v) is 11.2. The van der Waals surface area contributed by atoms with Crippen LogP contribution in [-0.4, -0.2) is 35.7 Å². The molecule has 0 spiro atoms. The zero-order valence-corrected chi connectivity index (χ0v) is 26.0. The summed E-state index contributed by atoms with van der Waals surface area (Å²) in [5.74, 6) is -1.80. The van der Waals surface area contributed by atoms with Crippen molar-refractivity contribution in [3.05, 3.63) is 140 Å². The molecule has 4 aromatic carbocycles. The molecule has 1 heterocycles. The van der Waals surface area contributed by atoms with Gasteiger partial charge in [0.05, 0.1) is 6.61 Å². The minimum absolute atomic E-state index is 0.0107. The normalized spacial score (nSPS) is 17.0. The molecule has 0 saturated heterocycles. The van der Waals surface area contributed by atoms with Crippen LogP contribution in [0.4, 0.5) is 14.5 Å². The number of aliphatic hydroxyl groups is 1. The number of hydrazine groups is 1. The first-order valence-corrected chi connectivity index (χ1v) is 15.1. The van der Waals surface area contributed by atoms with E-state index in [4.69, 9.17) is 19.6 Å². The minimum atomic E-state index is -1.64. The summed E-state index contributed by atoms with van der Waals surface area (Å²) in [5, 5.41) is 12.9. The van der Waals surface area contributed by atoms with Gasteiger partial charge >= 0.3 is 0 Å². The van der Waals surface area contributed by atoms with Crippen molar-refractivity contribution in [3.8, 4) is 5.75 Å². The quantitative estimate of drug-likeness (QED) is 0.0468. The molecule has 1 aliphatic heterocycles. The highest BCUT2D eigenvalue weighted by atomic mass is 79.9. The maximum atomic E-state index is 14.4. The summed E-state index contributed by atoms with van der Waals surface area (Å²) in [4.78, 5) is 22.3. The summed E-state index contributed by atoms with van der Waals surface area (Å²) < 4.78 is 40.2. The number of benzene rings is 4. The Kier molecular flexibility index (Phi) is 10.6. The van der Waals surface area contributed by atoms with Crippen molar-refractivity contribution >= 4 is 33.4 Å². The number of azide groups is 1. The van der Waals surface area contributed by atoms with Crippen LogP contribution in [0.5, 0.6) is 5.75 Å². The van der Waals surface area contributed by atoms with E-state index >= 15 is 0 Å². The zero-order chi connectivity index (χ0) is 32.5. The van der Waals surface area contributed by atoms with Gasteiger partial charge in [0.1, 0.15) is 5.75 Å². The zero-order valence-electron chi connectivity index (χ0n) is 24.4. The Bertz CT molecular complexity index is 1780. The van der Waals surface area contributed by atoms with Gasteiger partial charge in [-0.15, -0.1) is 0 Å². The largest absolute Gasteiger partial charge is 0.494 e. The fraction of sp³-hybridized carbons (Fsp3) is 0.212. The van der Waals surface area contributed by atoms with E-state index in [2.05, 4.69) is 36.8 Å². The molecule has 46 heavy (non-hydrogen) atoms. The number of aliphatic imine (C=N–C) groups is 1. The molecule has 0 bridgehead atoms. The number of aliphatic hydroxyl groups excluding tert-OH is 1. The monoisotopic (exact) mass is 690 g/mol. The van der Waals surface area contributed by atoms with Crippen molar-refractivity contribution in [2.45, 2.75) is 31.0 Å². The average Bonchev–Trinajstić information content (AvgIpc) is 3.45. The van der Waals surface area contributed by atoms with Crippen molar-refractivity contribution in [2.75, 3.05) is 13.2 Å². The first-order chi connectivity index (χ1) is 22.3. The van der Waals surface area contributed by atoms with Gasteiger partial charge in [-0.05, 0) is 59.1 Å². The van der Waals surface area contributed by atoms with E-state index in [-0.39, 0.29) is 31.2 Å². The van der Waals surface area contributed by atoms with Crippen LogP contribution < -0.4 is 15.6 Å². The van der Waals surface area contributed by atoms with Gasteiger partial charge in [-0.25, -0.2) is 19.2 Å². The Balaban J connectivity index is 1.56. The van der Waals surface area contributed by atoms with Crippen LogP contribution in [0.2, 0.25) is 0 Å². The van der Waals surface area contributed by atoms with Crippen molar-refractivity contribution in [1.82, 2.24) is 10.9 Å². The lowest BCUT2D eigenvalue weighted by Crippen LogP contribution is -2.53. The van der Waals surface area contributed by atoms with Crippen LogP contribution in [0.25, 0.3) is 10.4 Å². The highest BCUT2D eigenvalue weighted by molar-refractivity contribution is 9.10. The second kappa shape index (κ2) is 15.0. The number of carbonyl (C=O) groups excluding carboxylic acids is 1. The molecule has 0 radical (unpaired) electrons. The van der Waals surface area contributed by atoms with Crippen LogP contribution in [-0.2, 0) is 22.5 Å². The second-order valence-electron chi connectivity index (χ2n) is 10.4. The lowest BCUT2D eigenvalue weighted by Gasteiger charge is -2.31. The number of hydrogen-bond acceptors (Lipinski definition) is 7. The molecule has 0 aromatic heterocycles. The Morgan fingerprint density at radius 3 is 2.57 bits per heavy atom. The summed E-state index contributed by atoms with van der Waals surface area (Å²) in [6, 6.07) is 24.6. The fourth-order valence-corrected chi connectivity index (χ4v) is 5.45. The summed E-state index contributed by atoms with van der Waals surface area (Å²) in [6.45, 7) is 0.348. The van der Waals surface area contributed by atoms with E-state index in [1.165, 1.54) is 6.07 Å². The van der Waals surface area contributed by atoms with Gasteiger partial charge < -0.3 is 14.6 Å². The summed E-state index contributed by atoms with van der Waals surface area (Å²) >= 11 is 3.58. The summed E-state index contributed by atoms with van der Waals surface area (Å²) in [7, 11) is 0. The number of ether oxygens (including phenoxy) is 2. The molecule has 0 fully saturated rings. The van der Waals surface area contributed by atoms with Crippen LogP contribution in [0.15, 0.2) is 106 Å². The first-order valence-electron chi connectivity index (χ1n) is 14.3. The van der Waals surface area contributed by atoms with Crippen LogP contribution in [0.3, 0.4) is 0 Å². The standard InChI is InChI=1S/C33H29BrF2N6O4/c34-26-8-3-1-6-23(26)19-33(32(44)41-38-20-21-10-15-27(35)28(36)18-21)30(25-7-2-4-9-29(25)40-42-37)46-31(39-33)22-11-13-24(14-12-22)45-17-5-16-43/h1-4,6-15,18,30,38,43H,5,16-17,19-20H2,(H,41,44)/t30-,33-/m0/s1. The lowest BCUT2D eigenvalue weighted by atomic mass is 9.81. The van der Waals surface area contributed by atoms with E-state index in [0.29, 0.717) is 35.5 Å². The molecular weight excluding hydrogens is 662 g/mol. The number of hydrogen-bond donors (Lipinski definition) is 3. The molecule has 0 saturated carbocycles. The molecule has 5 rings (SSSR count). The Labute approximate surface area is 271 Å². The molecule has 1 amide bonds. The van der Waals surface area contributed by atoms with Gasteiger partial charge in [0.25, 0.3) is 5.91 Å². The van der Waals surface area contributed by atoms with E-state index in [0.717, 1.165) is 22.2 Å². The van der Waals surface area contributed by atoms with Crippen molar-refractivity contribution < 1.29 is 28.2 Å². The topological polar surface area (TPSA) is 141 Å². The van der Waals surface area contributed by atoms with Gasteiger partial charge in [-0.3, -0.25) is 10.2 Å². The molecule has 236 valence electrons. The summed E-state index contributed by atoms with van der Waals surface area (Å²) in [6.07, 6.45) is -0.503. The molecule has 10 nitrogen and oxygen atoms in total. The summed E-state index contributed by atoms with van der Waals surface area (Å²) in [5.41, 5.74) is 15.6. The molecule has 13 heteroatoms. The first kappa shape index (κ1) is 32.6. The van der Waals surface area contributed by atoms with Crippen LogP contribution in [0, 0.1) is 11.6 Å². The number of nitrogens with zero attached hydrogens (tertiary/aromatic N) is 4. The molecule has 3 N–H and O–H groups in total. The van der Waals surface area contributed by atoms with Gasteiger partial charge in [0, 0.05) is 52.2 Å². The van der Waals surface area contributed by atoms with E-state index in [1.807, 2.05) is 24.3 Å². The molecular formula is C33H29BrF2N6O4. The smallest absolute Gasteiger partial charge is 0.266 e. The predicted octanol–water partition coefficient (Wildman–Crippen LogP) is 6.75. The molecule has 2 atom stereocenters. The van der Waals surface area contributed by atoms with Crippen molar-refractivity contribution in [2.24, 2.45) is 10.1 Å². The maximum Gasteiger partial charge on any atom is 0.266 e. The number of carbonyl (C=O) groups is 1. The Morgan fingerprint density at radius 2 is 1.83 bits per heavy atom. The van der Waals surface area contributed by atoms with Crippen LogP contribution in [0.1, 0.15) is 34.8 Å². The minimum Gasteiger partial charge on any atom is -0.494 e. The fourth-order valence-electron chi connectivity index (χ4n) is 5.02. The van der Waals surface area contributed by atoms with Crippen molar-refractivity contribution in [3.63, 3.8) is 0 Å².